The van der Waals surface area contributed by atoms with Crippen LogP contribution in [0.4, 0.5) is 0 Å². The van der Waals surface area contributed by atoms with E-state index >= 15 is 0 Å². The second-order valence-corrected chi connectivity index (χ2v) is 7.24. The Morgan fingerprint density at radius 2 is 2.22 bits per heavy atom. The van der Waals surface area contributed by atoms with Gasteiger partial charge in [0.1, 0.15) is 0 Å². The van der Waals surface area contributed by atoms with E-state index in [1.165, 1.54) is 0 Å². The number of nitrogens with zero attached hydrogens (tertiary/aromatic N) is 2. The van der Waals surface area contributed by atoms with Gasteiger partial charge < -0.3 is 4.90 Å². The first-order chi connectivity index (χ1) is 11.1. The molecular formula is C17H16Cl2N2OS. The minimum absolute atomic E-state index is 0.0253. The highest BCUT2D eigenvalue weighted by Gasteiger charge is 2.25. The van der Waals surface area contributed by atoms with Gasteiger partial charge >= 0.3 is 0 Å². The summed E-state index contributed by atoms with van der Waals surface area (Å²) in [6.45, 7) is 1.53. The Balaban J connectivity index is 1.65. The van der Waals surface area contributed by atoms with Gasteiger partial charge in [0.05, 0.1) is 15.1 Å². The standard InChI is InChI=1S/C17H16Cl2N2OS/c18-14-5-3-12(10-15(14)19)4-6-16(22)21-8-1-2-13(11-21)17-20-7-9-23-17/h3-7,9-10,13H,1-2,8,11H2/b6-4+. The van der Waals surface area contributed by atoms with E-state index in [-0.39, 0.29) is 5.91 Å². The van der Waals surface area contributed by atoms with E-state index in [4.69, 9.17) is 23.2 Å². The molecule has 0 radical (unpaired) electrons. The van der Waals surface area contributed by atoms with Crippen LogP contribution in [0.2, 0.25) is 10.0 Å². The molecule has 1 amide bonds. The Morgan fingerprint density at radius 3 is 2.96 bits per heavy atom. The van der Waals surface area contributed by atoms with Crippen LogP contribution in [0, 0.1) is 0 Å². The number of carbonyl (C=O) groups excluding carboxylic acids is 1. The summed E-state index contributed by atoms with van der Waals surface area (Å²) in [5, 5.41) is 4.11. The van der Waals surface area contributed by atoms with Crippen molar-refractivity contribution in [2.45, 2.75) is 18.8 Å². The van der Waals surface area contributed by atoms with Crippen molar-refractivity contribution in [2.75, 3.05) is 13.1 Å². The van der Waals surface area contributed by atoms with E-state index in [1.807, 2.05) is 22.5 Å². The molecule has 0 N–H and O–H groups in total. The molecule has 1 saturated heterocycles. The Hall–Kier alpha value is -1.36. The maximum absolute atomic E-state index is 12.4. The van der Waals surface area contributed by atoms with Gasteiger partial charge in [-0.2, -0.15) is 0 Å². The predicted octanol–water partition coefficient (Wildman–Crippen LogP) is 4.87. The first kappa shape index (κ1) is 16.5. The largest absolute Gasteiger partial charge is 0.338 e. The molecule has 1 aliphatic rings. The molecule has 1 aliphatic heterocycles. The second-order valence-electron chi connectivity index (χ2n) is 5.50. The molecule has 2 heterocycles. The molecule has 0 saturated carbocycles. The zero-order chi connectivity index (χ0) is 16.2. The van der Waals surface area contributed by atoms with Crippen molar-refractivity contribution < 1.29 is 4.79 Å². The van der Waals surface area contributed by atoms with Crippen molar-refractivity contribution in [1.82, 2.24) is 9.88 Å². The van der Waals surface area contributed by atoms with E-state index < -0.39 is 0 Å². The average molecular weight is 367 g/mol. The van der Waals surface area contributed by atoms with Gasteiger partial charge in [-0.1, -0.05) is 29.3 Å². The van der Waals surface area contributed by atoms with E-state index in [0.29, 0.717) is 16.0 Å². The molecule has 1 aromatic carbocycles. The van der Waals surface area contributed by atoms with Crippen LogP contribution in [-0.2, 0) is 4.79 Å². The number of benzene rings is 1. The van der Waals surface area contributed by atoms with Crippen LogP contribution >= 0.6 is 34.5 Å². The van der Waals surface area contributed by atoms with Gasteiger partial charge in [0.15, 0.2) is 0 Å². The minimum atomic E-state index is 0.0253. The molecule has 1 atom stereocenters. The van der Waals surface area contributed by atoms with Crippen LogP contribution in [0.15, 0.2) is 35.9 Å². The van der Waals surface area contributed by atoms with Gasteiger partial charge in [-0.15, -0.1) is 11.3 Å². The third-order valence-corrected chi connectivity index (χ3v) is 5.57. The molecular weight excluding hydrogens is 351 g/mol. The molecule has 6 heteroatoms. The lowest BCUT2D eigenvalue weighted by atomic mass is 9.98. The topological polar surface area (TPSA) is 33.2 Å². The predicted molar refractivity (Wildman–Crippen MR) is 96.2 cm³/mol. The number of likely N-dealkylation sites (tertiary alicyclic amines) is 1. The summed E-state index contributed by atoms with van der Waals surface area (Å²) in [5.74, 6) is 0.378. The van der Waals surface area contributed by atoms with Gasteiger partial charge in [0, 0.05) is 36.7 Å². The molecule has 3 nitrogen and oxygen atoms in total. The van der Waals surface area contributed by atoms with Crippen molar-refractivity contribution in [1.29, 1.82) is 0 Å². The minimum Gasteiger partial charge on any atom is -0.338 e. The molecule has 1 aromatic heterocycles. The zero-order valence-electron chi connectivity index (χ0n) is 12.4. The molecule has 2 aromatic rings. The first-order valence-electron chi connectivity index (χ1n) is 7.45. The lowest BCUT2D eigenvalue weighted by Gasteiger charge is -2.31. The van der Waals surface area contributed by atoms with Crippen LogP contribution in [0.25, 0.3) is 6.08 Å². The van der Waals surface area contributed by atoms with Crippen molar-refractivity contribution in [2.24, 2.45) is 0 Å². The van der Waals surface area contributed by atoms with E-state index in [2.05, 4.69) is 4.98 Å². The third-order valence-electron chi connectivity index (χ3n) is 3.90. The highest BCUT2D eigenvalue weighted by Crippen LogP contribution is 2.28. The number of amides is 1. The Bertz CT molecular complexity index is 715. The smallest absolute Gasteiger partial charge is 0.246 e. The van der Waals surface area contributed by atoms with Crippen molar-refractivity contribution in [3.63, 3.8) is 0 Å². The Morgan fingerprint density at radius 1 is 1.35 bits per heavy atom. The molecule has 1 unspecified atom stereocenters. The molecule has 0 spiro atoms. The lowest BCUT2D eigenvalue weighted by Crippen LogP contribution is -2.38. The number of hydrogen-bond donors (Lipinski definition) is 0. The lowest BCUT2D eigenvalue weighted by molar-refractivity contribution is -0.127. The van der Waals surface area contributed by atoms with Crippen LogP contribution in [0.1, 0.15) is 29.3 Å². The van der Waals surface area contributed by atoms with Gasteiger partial charge in [0.25, 0.3) is 0 Å². The Kier molecular flexibility index (Phi) is 5.36. The number of piperidine rings is 1. The van der Waals surface area contributed by atoms with Gasteiger partial charge in [-0.3, -0.25) is 4.79 Å². The van der Waals surface area contributed by atoms with E-state index in [0.717, 1.165) is 36.5 Å². The summed E-state index contributed by atoms with van der Waals surface area (Å²) < 4.78 is 0. The summed E-state index contributed by atoms with van der Waals surface area (Å²) in [4.78, 5) is 18.7. The van der Waals surface area contributed by atoms with Gasteiger partial charge in [-0.05, 0) is 36.6 Å². The summed E-state index contributed by atoms with van der Waals surface area (Å²) in [5.41, 5.74) is 0.862. The third kappa shape index (κ3) is 4.14. The maximum Gasteiger partial charge on any atom is 0.246 e. The summed E-state index contributed by atoms with van der Waals surface area (Å²) in [7, 11) is 0. The van der Waals surface area contributed by atoms with E-state index in [1.54, 1.807) is 35.6 Å². The summed E-state index contributed by atoms with van der Waals surface area (Å²) in [6, 6.07) is 5.32. The SMILES string of the molecule is O=C(/C=C/c1ccc(Cl)c(Cl)c1)N1CCCC(c2nccs2)C1. The molecule has 0 bridgehead atoms. The number of carbonyl (C=O) groups is 1. The highest BCUT2D eigenvalue weighted by atomic mass is 35.5. The van der Waals surface area contributed by atoms with Gasteiger partial charge in [-0.25, -0.2) is 4.98 Å². The highest BCUT2D eigenvalue weighted by molar-refractivity contribution is 7.09. The normalized spacial score (nSPS) is 18.5. The first-order valence-corrected chi connectivity index (χ1v) is 9.08. The monoisotopic (exact) mass is 366 g/mol. The number of thiazole rings is 1. The van der Waals surface area contributed by atoms with Crippen LogP contribution < -0.4 is 0 Å². The Labute approximate surface area is 149 Å². The van der Waals surface area contributed by atoms with Crippen molar-refractivity contribution in [3.8, 4) is 0 Å². The average Bonchev–Trinajstić information content (AvgIpc) is 3.10. The van der Waals surface area contributed by atoms with Crippen molar-refractivity contribution in [3.05, 3.63) is 56.5 Å². The number of aromatic nitrogens is 1. The van der Waals surface area contributed by atoms with Crippen LogP contribution in [0.3, 0.4) is 0 Å². The second kappa shape index (κ2) is 7.47. The summed E-state index contributed by atoms with van der Waals surface area (Å²) >= 11 is 13.5. The molecule has 3 rings (SSSR count). The number of hydrogen-bond acceptors (Lipinski definition) is 3. The fourth-order valence-electron chi connectivity index (χ4n) is 2.70. The molecule has 0 aliphatic carbocycles. The van der Waals surface area contributed by atoms with Crippen molar-refractivity contribution >= 4 is 46.5 Å². The zero-order valence-corrected chi connectivity index (χ0v) is 14.7. The van der Waals surface area contributed by atoms with E-state index in [9.17, 15) is 4.79 Å². The van der Waals surface area contributed by atoms with Crippen LogP contribution in [-0.4, -0.2) is 28.9 Å². The maximum atomic E-state index is 12.4. The summed E-state index contributed by atoms with van der Waals surface area (Å²) in [6.07, 6.45) is 7.30. The van der Waals surface area contributed by atoms with Crippen LogP contribution in [0.5, 0.6) is 0 Å². The quantitative estimate of drug-likeness (QED) is 0.726. The molecule has 23 heavy (non-hydrogen) atoms. The fraction of sp³-hybridized carbons (Fsp3) is 0.294. The number of rotatable bonds is 3. The van der Waals surface area contributed by atoms with Gasteiger partial charge in [0.2, 0.25) is 5.91 Å². The molecule has 120 valence electrons. The fourth-order valence-corrected chi connectivity index (χ4v) is 3.78. The molecule has 1 fully saturated rings. The number of halogens is 2.